The maximum atomic E-state index is 12.0. The second-order valence-corrected chi connectivity index (χ2v) is 5.75. The van der Waals surface area contributed by atoms with Crippen LogP contribution in [0.1, 0.15) is 18.1 Å². The number of halogens is 3. The summed E-state index contributed by atoms with van der Waals surface area (Å²) in [6, 6.07) is 5.70. The highest BCUT2D eigenvalue weighted by molar-refractivity contribution is 7.99. The molecule has 1 aromatic carbocycles. The molecule has 1 aliphatic heterocycles. The lowest BCUT2D eigenvalue weighted by molar-refractivity contribution is -0.274. The molecule has 0 amide bonds. The van der Waals surface area contributed by atoms with Gasteiger partial charge in [-0.25, -0.2) is 0 Å². The quantitative estimate of drug-likeness (QED) is 0.878. The Balaban J connectivity index is 1.85. The summed E-state index contributed by atoms with van der Waals surface area (Å²) in [7, 11) is 0. The molecule has 0 bridgehead atoms. The molecule has 1 aliphatic rings. The smallest absolute Gasteiger partial charge is 0.406 e. The van der Waals surface area contributed by atoms with E-state index in [9.17, 15) is 18.3 Å². The van der Waals surface area contributed by atoms with Gasteiger partial charge < -0.3 is 15.2 Å². The van der Waals surface area contributed by atoms with Gasteiger partial charge in [-0.3, -0.25) is 0 Å². The van der Waals surface area contributed by atoms with Crippen LogP contribution in [0, 0.1) is 0 Å². The van der Waals surface area contributed by atoms with Crippen molar-refractivity contribution >= 4 is 11.8 Å². The normalized spacial score (nSPS) is 20.9. The van der Waals surface area contributed by atoms with E-state index in [0.717, 1.165) is 17.9 Å². The Labute approximate surface area is 119 Å². The van der Waals surface area contributed by atoms with Gasteiger partial charge in [0, 0.05) is 18.3 Å². The van der Waals surface area contributed by atoms with Crippen molar-refractivity contribution < 1.29 is 23.0 Å². The summed E-state index contributed by atoms with van der Waals surface area (Å²) in [5.41, 5.74) is 0.567. The monoisotopic (exact) mass is 307 g/mol. The Morgan fingerprint density at radius 3 is 2.60 bits per heavy atom. The van der Waals surface area contributed by atoms with Gasteiger partial charge in [-0.1, -0.05) is 12.1 Å². The number of hydrogen-bond acceptors (Lipinski definition) is 4. The first-order valence-corrected chi connectivity index (χ1v) is 7.44. The standard InChI is InChI=1S/C13H16F3NO2S/c14-13(15,16)19-11-3-1-9(2-4-11)12(18)7-17-10-5-6-20-8-10/h1-4,10,12,17-18H,5-8H2/t10-,12-/m1/s1. The van der Waals surface area contributed by atoms with Crippen LogP contribution in [0.4, 0.5) is 13.2 Å². The van der Waals surface area contributed by atoms with E-state index in [1.165, 1.54) is 24.3 Å². The van der Waals surface area contributed by atoms with E-state index in [2.05, 4.69) is 10.1 Å². The van der Waals surface area contributed by atoms with Crippen LogP contribution in [-0.4, -0.2) is 35.6 Å². The minimum Gasteiger partial charge on any atom is -0.406 e. The minimum atomic E-state index is -4.69. The lowest BCUT2D eigenvalue weighted by atomic mass is 10.1. The van der Waals surface area contributed by atoms with E-state index in [1.807, 2.05) is 11.8 Å². The molecule has 0 radical (unpaired) electrons. The number of thioether (sulfide) groups is 1. The maximum Gasteiger partial charge on any atom is 0.573 e. The number of alkyl halides is 3. The van der Waals surface area contributed by atoms with Gasteiger partial charge in [0.05, 0.1) is 6.10 Å². The minimum absolute atomic E-state index is 0.284. The van der Waals surface area contributed by atoms with Crippen LogP contribution in [0.3, 0.4) is 0 Å². The molecular formula is C13H16F3NO2S. The third kappa shape index (κ3) is 4.88. The van der Waals surface area contributed by atoms with Gasteiger partial charge in [-0.05, 0) is 29.9 Å². The molecule has 2 N–H and O–H groups in total. The van der Waals surface area contributed by atoms with Crippen molar-refractivity contribution in [1.82, 2.24) is 5.32 Å². The zero-order chi connectivity index (χ0) is 14.6. The molecule has 3 nitrogen and oxygen atoms in total. The first kappa shape index (κ1) is 15.5. The number of aliphatic hydroxyl groups excluding tert-OH is 1. The summed E-state index contributed by atoms with van der Waals surface area (Å²) in [6.07, 6.45) is -4.35. The van der Waals surface area contributed by atoms with Crippen molar-refractivity contribution in [3.63, 3.8) is 0 Å². The van der Waals surface area contributed by atoms with E-state index < -0.39 is 12.5 Å². The molecule has 0 unspecified atom stereocenters. The van der Waals surface area contributed by atoms with E-state index in [4.69, 9.17) is 0 Å². The summed E-state index contributed by atoms with van der Waals surface area (Å²) < 4.78 is 39.8. The fourth-order valence-electron chi connectivity index (χ4n) is 1.98. The van der Waals surface area contributed by atoms with Gasteiger partial charge >= 0.3 is 6.36 Å². The number of benzene rings is 1. The van der Waals surface area contributed by atoms with Crippen molar-refractivity contribution in [2.45, 2.75) is 24.9 Å². The van der Waals surface area contributed by atoms with Crippen molar-refractivity contribution in [2.24, 2.45) is 0 Å². The largest absolute Gasteiger partial charge is 0.573 e. The Morgan fingerprint density at radius 1 is 1.35 bits per heavy atom. The van der Waals surface area contributed by atoms with Gasteiger partial charge in [0.25, 0.3) is 0 Å². The number of hydrogen-bond donors (Lipinski definition) is 2. The number of ether oxygens (including phenoxy) is 1. The molecule has 0 saturated carbocycles. The second-order valence-electron chi connectivity index (χ2n) is 4.60. The molecule has 2 rings (SSSR count). The molecule has 1 heterocycles. The van der Waals surface area contributed by atoms with Crippen molar-refractivity contribution in [3.05, 3.63) is 29.8 Å². The molecule has 1 aromatic rings. The first-order chi connectivity index (χ1) is 9.44. The average Bonchev–Trinajstić information content (AvgIpc) is 2.88. The average molecular weight is 307 g/mol. The molecule has 0 spiro atoms. The Bertz CT molecular complexity index is 419. The predicted octanol–water partition coefficient (Wildman–Crippen LogP) is 2.71. The third-order valence-corrected chi connectivity index (χ3v) is 4.19. The fourth-order valence-corrected chi connectivity index (χ4v) is 3.17. The van der Waals surface area contributed by atoms with Crippen LogP contribution < -0.4 is 10.1 Å². The van der Waals surface area contributed by atoms with E-state index in [-0.39, 0.29) is 5.75 Å². The molecular weight excluding hydrogens is 291 g/mol. The van der Waals surface area contributed by atoms with Gasteiger partial charge in [0.1, 0.15) is 5.75 Å². The maximum absolute atomic E-state index is 12.0. The van der Waals surface area contributed by atoms with Crippen molar-refractivity contribution in [3.8, 4) is 5.75 Å². The summed E-state index contributed by atoms with van der Waals surface area (Å²) in [4.78, 5) is 0. The van der Waals surface area contributed by atoms with Crippen LogP contribution in [0.25, 0.3) is 0 Å². The SMILES string of the molecule is O[C@H](CN[C@@H]1CCSC1)c1ccc(OC(F)(F)F)cc1. The highest BCUT2D eigenvalue weighted by atomic mass is 32.2. The molecule has 1 fully saturated rings. The molecule has 0 aliphatic carbocycles. The van der Waals surface area contributed by atoms with E-state index in [1.54, 1.807) is 0 Å². The molecule has 112 valence electrons. The van der Waals surface area contributed by atoms with Crippen LogP contribution in [-0.2, 0) is 0 Å². The molecule has 7 heteroatoms. The predicted molar refractivity (Wildman–Crippen MR) is 71.8 cm³/mol. The summed E-state index contributed by atoms with van der Waals surface area (Å²) in [5.74, 6) is 1.87. The number of aliphatic hydroxyl groups is 1. The number of rotatable bonds is 5. The molecule has 20 heavy (non-hydrogen) atoms. The topological polar surface area (TPSA) is 41.5 Å². The Morgan fingerprint density at radius 2 is 2.05 bits per heavy atom. The summed E-state index contributed by atoms with van der Waals surface area (Å²) in [6.45, 7) is 0.394. The summed E-state index contributed by atoms with van der Waals surface area (Å²) >= 11 is 1.87. The molecule has 2 atom stereocenters. The lowest BCUT2D eigenvalue weighted by Crippen LogP contribution is -2.32. The van der Waals surface area contributed by atoms with Gasteiger partial charge in [0.2, 0.25) is 0 Å². The van der Waals surface area contributed by atoms with Crippen LogP contribution >= 0.6 is 11.8 Å². The zero-order valence-electron chi connectivity index (χ0n) is 10.7. The highest BCUT2D eigenvalue weighted by Gasteiger charge is 2.31. The van der Waals surface area contributed by atoms with E-state index in [0.29, 0.717) is 18.2 Å². The third-order valence-electron chi connectivity index (χ3n) is 3.03. The van der Waals surface area contributed by atoms with Crippen LogP contribution in [0.15, 0.2) is 24.3 Å². The van der Waals surface area contributed by atoms with Crippen LogP contribution in [0.5, 0.6) is 5.75 Å². The number of nitrogens with one attached hydrogen (secondary N) is 1. The highest BCUT2D eigenvalue weighted by Crippen LogP contribution is 2.24. The first-order valence-electron chi connectivity index (χ1n) is 6.29. The molecule has 0 aromatic heterocycles. The second kappa shape index (κ2) is 6.69. The molecule has 1 saturated heterocycles. The lowest BCUT2D eigenvalue weighted by Gasteiger charge is -2.16. The van der Waals surface area contributed by atoms with E-state index >= 15 is 0 Å². The van der Waals surface area contributed by atoms with Crippen molar-refractivity contribution in [1.29, 1.82) is 0 Å². The van der Waals surface area contributed by atoms with Crippen LogP contribution in [0.2, 0.25) is 0 Å². The summed E-state index contributed by atoms with van der Waals surface area (Å²) in [5, 5.41) is 13.2. The fraction of sp³-hybridized carbons (Fsp3) is 0.538. The Hall–Kier alpha value is -0.920. The van der Waals surface area contributed by atoms with Gasteiger partial charge in [-0.2, -0.15) is 11.8 Å². The van der Waals surface area contributed by atoms with Gasteiger partial charge in [-0.15, -0.1) is 13.2 Å². The zero-order valence-corrected chi connectivity index (χ0v) is 11.5. The van der Waals surface area contributed by atoms with Crippen molar-refractivity contribution in [2.75, 3.05) is 18.1 Å². The Kier molecular flexibility index (Phi) is 5.17. The van der Waals surface area contributed by atoms with Gasteiger partial charge in [0.15, 0.2) is 0 Å².